The van der Waals surface area contributed by atoms with Crippen molar-refractivity contribution in [3.05, 3.63) is 35.9 Å². The minimum absolute atomic E-state index is 0.844. The maximum atomic E-state index is 5.14. The van der Waals surface area contributed by atoms with Crippen LogP contribution in [-0.2, 0) is 5.75 Å². The van der Waals surface area contributed by atoms with Gasteiger partial charge in [0.05, 0.1) is 0 Å². The zero-order chi connectivity index (χ0) is 10.6. The fourth-order valence-electron chi connectivity index (χ4n) is 0.945. The summed E-state index contributed by atoms with van der Waals surface area (Å²) in [7, 11) is 0. The summed E-state index contributed by atoms with van der Waals surface area (Å²) in [5, 5.41) is 0. The van der Waals surface area contributed by atoms with Gasteiger partial charge >= 0.3 is 0 Å². The van der Waals surface area contributed by atoms with E-state index in [1.165, 1.54) is 18.4 Å². The second-order valence-corrected chi connectivity index (χ2v) is 3.93. The first-order chi connectivity index (χ1) is 6.85. The van der Waals surface area contributed by atoms with Gasteiger partial charge in [0.25, 0.3) is 0 Å². The molecular formula is C12H21NS. The van der Waals surface area contributed by atoms with Gasteiger partial charge in [0.2, 0.25) is 0 Å². The van der Waals surface area contributed by atoms with E-state index in [1.54, 1.807) is 0 Å². The van der Waals surface area contributed by atoms with E-state index in [0.717, 1.165) is 12.3 Å². The number of nitrogens with two attached hydrogens (primary N) is 1. The molecule has 1 aromatic rings. The molecule has 0 bridgehead atoms. The van der Waals surface area contributed by atoms with Gasteiger partial charge < -0.3 is 5.73 Å². The number of hydrogen-bond donors (Lipinski definition) is 1. The molecule has 2 N–H and O–H groups in total. The Morgan fingerprint density at radius 3 is 2.21 bits per heavy atom. The quantitative estimate of drug-likeness (QED) is 0.827. The van der Waals surface area contributed by atoms with Crippen molar-refractivity contribution in [2.45, 2.75) is 25.5 Å². The fourth-order valence-corrected chi connectivity index (χ4v) is 1.47. The molecule has 0 aliphatic heterocycles. The van der Waals surface area contributed by atoms with Crippen LogP contribution in [0.3, 0.4) is 0 Å². The second-order valence-electron chi connectivity index (χ2n) is 3.06. The van der Waals surface area contributed by atoms with Crippen molar-refractivity contribution in [3.63, 3.8) is 0 Å². The molecule has 0 unspecified atom stereocenters. The van der Waals surface area contributed by atoms with Crippen molar-refractivity contribution < 1.29 is 0 Å². The zero-order valence-electron chi connectivity index (χ0n) is 9.20. The van der Waals surface area contributed by atoms with E-state index >= 15 is 0 Å². The third-order valence-electron chi connectivity index (χ3n) is 1.71. The van der Waals surface area contributed by atoms with Crippen LogP contribution in [0.5, 0.6) is 0 Å². The molecule has 0 spiro atoms. The minimum Gasteiger partial charge on any atom is -0.330 e. The molecule has 80 valence electrons. The van der Waals surface area contributed by atoms with Crippen molar-refractivity contribution in [3.8, 4) is 0 Å². The first kappa shape index (κ1) is 13.5. The van der Waals surface area contributed by atoms with Crippen LogP contribution >= 0.6 is 11.8 Å². The SMILES string of the molecule is CCCCN.CSCc1ccccc1. The highest BCUT2D eigenvalue weighted by Gasteiger charge is 1.84. The molecule has 1 aromatic carbocycles. The van der Waals surface area contributed by atoms with Gasteiger partial charge in [-0.05, 0) is 24.8 Å². The number of thioether (sulfide) groups is 1. The van der Waals surface area contributed by atoms with Crippen LogP contribution in [0, 0.1) is 0 Å². The maximum absolute atomic E-state index is 5.14. The van der Waals surface area contributed by atoms with Crippen molar-refractivity contribution in [2.24, 2.45) is 5.73 Å². The van der Waals surface area contributed by atoms with Gasteiger partial charge in [-0.15, -0.1) is 0 Å². The Balaban J connectivity index is 0.000000292. The van der Waals surface area contributed by atoms with E-state index < -0.39 is 0 Å². The summed E-state index contributed by atoms with van der Waals surface area (Å²) in [6.07, 6.45) is 4.50. The Hall–Kier alpha value is -0.470. The molecule has 0 aliphatic carbocycles. The highest BCUT2D eigenvalue weighted by molar-refractivity contribution is 7.97. The van der Waals surface area contributed by atoms with E-state index in [9.17, 15) is 0 Å². The van der Waals surface area contributed by atoms with Crippen molar-refractivity contribution in [1.82, 2.24) is 0 Å². The molecule has 0 aromatic heterocycles. The third-order valence-corrected chi connectivity index (χ3v) is 2.33. The van der Waals surface area contributed by atoms with Gasteiger partial charge in [-0.3, -0.25) is 0 Å². The van der Waals surface area contributed by atoms with Crippen LogP contribution in [0.25, 0.3) is 0 Å². The van der Waals surface area contributed by atoms with Crippen LogP contribution in [0.2, 0.25) is 0 Å². The Kier molecular flexibility index (Phi) is 10.3. The average molecular weight is 211 g/mol. The maximum Gasteiger partial charge on any atom is 0.0181 e. The minimum atomic E-state index is 0.844. The smallest absolute Gasteiger partial charge is 0.0181 e. The van der Waals surface area contributed by atoms with Gasteiger partial charge in [0, 0.05) is 5.75 Å². The topological polar surface area (TPSA) is 26.0 Å². The summed E-state index contributed by atoms with van der Waals surface area (Å²) in [5.74, 6) is 1.13. The molecule has 0 fully saturated rings. The monoisotopic (exact) mass is 211 g/mol. The lowest BCUT2D eigenvalue weighted by Crippen LogP contribution is -1.95. The molecule has 0 heterocycles. The van der Waals surface area contributed by atoms with Crippen LogP contribution in [-0.4, -0.2) is 12.8 Å². The summed E-state index contributed by atoms with van der Waals surface area (Å²) in [6.45, 7) is 2.98. The van der Waals surface area contributed by atoms with Gasteiger partial charge in [0.1, 0.15) is 0 Å². The lowest BCUT2D eigenvalue weighted by Gasteiger charge is -1.93. The van der Waals surface area contributed by atoms with E-state index in [4.69, 9.17) is 5.73 Å². The Morgan fingerprint density at radius 2 is 1.86 bits per heavy atom. The Bertz CT molecular complexity index is 197. The predicted octanol–water partition coefficient (Wildman–Crippen LogP) is 3.29. The fraction of sp³-hybridized carbons (Fsp3) is 0.500. The van der Waals surface area contributed by atoms with Crippen molar-refractivity contribution >= 4 is 11.8 Å². The van der Waals surface area contributed by atoms with Gasteiger partial charge in [-0.25, -0.2) is 0 Å². The lowest BCUT2D eigenvalue weighted by atomic mass is 10.2. The van der Waals surface area contributed by atoms with Crippen LogP contribution in [0.15, 0.2) is 30.3 Å². The Morgan fingerprint density at radius 1 is 1.21 bits per heavy atom. The molecule has 0 radical (unpaired) electrons. The van der Waals surface area contributed by atoms with Gasteiger partial charge in [-0.1, -0.05) is 43.7 Å². The summed E-state index contributed by atoms with van der Waals surface area (Å²) in [6, 6.07) is 10.5. The molecule has 1 nitrogen and oxygen atoms in total. The molecular weight excluding hydrogens is 190 g/mol. The molecule has 14 heavy (non-hydrogen) atoms. The second kappa shape index (κ2) is 10.6. The third kappa shape index (κ3) is 8.14. The normalized spacial score (nSPS) is 9.07. The summed E-state index contributed by atoms with van der Waals surface area (Å²) >= 11 is 1.85. The van der Waals surface area contributed by atoms with Crippen molar-refractivity contribution in [2.75, 3.05) is 12.8 Å². The summed E-state index contributed by atoms with van der Waals surface area (Å²) in [5.41, 5.74) is 6.55. The van der Waals surface area contributed by atoms with E-state index in [2.05, 4.69) is 37.4 Å². The molecule has 0 amide bonds. The molecule has 0 saturated carbocycles. The number of rotatable bonds is 4. The number of benzene rings is 1. The van der Waals surface area contributed by atoms with Gasteiger partial charge in [0.15, 0.2) is 0 Å². The highest BCUT2D eigenvalue weighted by Crippen LogP contribution is 2.06. The number of hydrogen-bond acceptors (Lipinski definition) is 2. The largest absolute Gasteiger partial charge is 0.330 e. The zero-order valence-corrected chi connectivity index (χ0v) is 10.0. The molecule has 0 saturated heterocycles. The van der Waals surface area contributed by atoms with Gasteiger partial charge in [-0.2, -0.15) is 11.8 Å². The van der Waals surface area contributed by atoms with E-state index in [0.29, 0.717) is 0 Å². The first-order valence-corrected chi connectivity index (χ1v) is 6.47. The Labute approximate surface area is 92.1 Å². The first-order valence-electron chi connectivity index (χ1n) is 5.08. The number of unbranched alkanes of at least 4 members (excludes halogenated alkanes) is 1. The van der Waals surface area contributed by atoms with E-state index in [-0.39, 0.29) is 0 Å². The predicted molar refractivity (Wildman–Crippen MR) is 67.6 cm³/mol. The van der Waals surface area contributed by atoms with Crippen LogP contribution < -0.4 is 5.73 Å². The van der Waals surface area contributed by atoms with Crippen LogP contribution in [0.4, 0.5) is 0 Å². The highest BCUT2D eigenvalue weighted by atomic mass is 32.2. The van der Waals surface area contributed by atoms with Crippen molar-refractivity contribution in [1.29, 1.82) is 0 Å². The lowest BCUT2D eigenvalue weighted by molar-refractivity contribution is 0.807. The van der Waals surface area contributed by atoms with Crippen LogP contribution in [0.1, 0.15) is 25.3 Å². The standard InChI is InChI=1S/C8H10S.C4H11N/c1-9-7-8-5-3-2-4-6-8;1-2-3-4-5/h2-6H,7H2,1H3;2-5H2,1H3. The summed E-state index contributed by atoms with van der Waals surface area (Å²) < 4.78 is 0. The average Bonchev–Trinajstić information content (AvgIpc) is 2.22. The summed E-state index contributed by atoms with van der Waals surface area (Å²) in [4.78, 5) is 0. The molecule has 0 atom stereocenters. The van der Waals surface area contributed by atoms with E-state index in [1.807, 2.05) is 17.8 Å². The molecule has 0 aliphatic rings. The molecule has 2 heteroatoms. The molecule has 1 rings (SSSR count).